The van der Waals surface area contributed by atoms with E-state index in [4.69, 9.17) is 14.5 Å². The molecule has 78 valence electrons. The highest BCUT2D eigenvalue weighted by atomic mass is 17.2. The third-order valence-corrected chi connectivity index (χ3v) is 1.50. The molecule has 0 aromatic rings. The lowest BCUT2D eigenvalue weighted by molar-refractivity contribution is -0.412. The molecule has 0 aliphatic carbocycles. The summed E-state index contributed by atoms with van der Waals surface area (Å²) in [4.78, 5) is 9.98. The van der Waals surface area contributed by atoms with E-state index in [1.807, 2.05) is 0 Å². The van der Waals surface area contributed by atoms with Gasteiger partial charge < -0.3 is 4.74 Å². The topological polar surface area (TPSA) is 27.7 Å². The summed E-state index contributed by atoms with van der Waals surface area (Å²) in [7, 11) is 1.58. The predicted octanol–water partition coefficient (Wildman–Crippen LogP) is 2.67. The monoisotopic (exact) mass is 188 g/mol. The molecule has 0 atom stereocenters. The van der Waals surface area contributed by atoms with Gasteiger partial charge >= 0.3 is 0 Å². The van der Waals surface area contributed by atoms with Crippen molar-refractivity contribution < 1.29 is 14.5 Å². The van der Waals surface area contributed by atoms with Crippen LogP contribution in [-0.4, -0.2) is 19.5 Å². The summed E-state index contributed by atoms with van der Waals surface area (Å²) in [5.74, 6) is -0.662. The average Bonchev–Trinajstić information content (AvgIpc) is 2.03. The summed E-state index contributed by atoms with van der Waals surface area (Å²) in [6.45, 7) is 8.26. The van der Waals surface area contributed by atoms with Crippen molar-refractivity contribution in [3.05, 3.63) is 11.6 Å². The van der Waals surface area contributed by atoms with E-state index in [1.165, 1.54) is 5.57 Å². The maximum absolute atomic E-state index is 5.01. The van der Waals surface area contributed by atoms with Gasteiger partial charge in [0.1, 0.15) is 0 Å². The van der Waals surface area contributed by atoms with E-state index in [0.717, 1.165) is 6.42 Å². The van der Waals surface area contributed by atoms with Crippen LogP contribution in [0.15, 0.2) is 11.6 Å². The Balaban J connectivity index is 3.41. The molecule has 0 spiro atoms. The molecule has 0 saturated heterocycles. The molecule has 0 aromatic heterocycles. The van der Waals surface area contributed by atoms with Gasteiger partial charge in [-0.3, -0.25) is 0 Å². The fraction of sp³-hybridized carbons (Fsp3) is 0.800. The van der Waals surface area contributed by atoms with E-state index in [1.54, 1.807) is 21.0 Å². The van der Waals surface area contributed by atoms with Gasteiger partial charge in [0.05, 0.1) is 6.61 Å². The summed E-state index contributed by atoms with van der Waals surface area (Å²) in [6, 6.07) is 0. The molecule has 0 N–H and O–H groups in total. The molecule has 0 heterocycles. The molecule has 0 bridgehead atoms. The third-order valence-electron chi connectivity index (χ3n) is 1.50. The summed E-state index contributed by atoms with van der Waals surface area (Å²) in [6.07, 6.45) is 2.96. The summed E-state index contributed by atoms with van der Waals surface area (Å²) in [5, 5.41) is 0. The fourth-order valence-corrected chi connectivity index (χ4v) is 0.613. The first-order valence-corrected chi connectivity index (χ1v) is 4.47. The van der Waals surface area contributed by atoms with Crippen LogP contribution in [-0.2, 0) is 14.5 Å². The Kier molecular flexibility index (Phi) is 5.95. The van der Waals surface area contributed by atoms with Crippen LogP contribution in [0.3, 0.4) is 0 Å². The molecule has 0 radical (unpaired) electrons. The lowest BCUT2D eigenvalue weighted by Crippen LogP contribution is -2.26. The average molecular weight is 188 g/mol. The van der Waals surface area contributed by atoms with Gasteiger partial charge in [-0.05, 0) is 34.1 Å². The minimum absolute atomic E-state index is 0.554. The van der Waals surface area contributed by atoms with E-state index < -0.39 is 5.79 Å². The molecule has 0 aliphatic rings. The maximum atomic E-state index is 5.01. The number of rotatable bonds is 6. The smallest absolute Gasteiger partial charge is 0.195 e. The summed E-state index contributed by atoms with van der Waals surface area (Å²) >= 11 is 0. The molecule has 0 saturated carbocycles. The zero-order valence-electron chi connectivity index (χ0n) is 9.22. The summed E-state index contributed by atoms with van der Waals surface area (Å²) < 4.78 is 5.00. The number of hydrogen-bond donors (Lipinski definition) is 0. The van der Waals surface area contributed by atoms with Gasteiger partial charge in [-0.2, -0.15) is 0 Å². The second-order valence-electron chi connectivity index (χ2n) is 3.58. The van der Waals surface area contributed by atoms with Crippen molar-refractivity contribution in [2.24, 2.45) is 0 Å². The van der Waals surface area contributed by atoms with Crippen molar-refractivity contribution in [1.82, 2.24) is 0 Å². The number of allylic oxidation sites excluding steroid dienone is 1. The van der Waals surface area contributed by atoms with Crippen molar-refractivity contribution in [2.75, 3.05) is 13.7 Å². The first-order valence-electron chi connectivity index (χ1n) is 4.47. The number of hydrogen-bond acceptors (Lipinski definition) is 3. The molecule has 3 heteroatoms. The zero-order chi connectivity index (χ0) is 10.3. The predicted molar refractivity (Wildman–Crippen MR) is 52.2 cm³/mol. The third kappa shape index (κ3) is 7.96. The van der Waals surface area contributed by atoms with Gasteiger partial charge in [0.15, 0.2) is 5.79 Å². The van der Waals surface area contributed by atoms with Gasteiger partial charge in [-0.15, -0.1) is 0 Å². The van der Waals surface area contributed by atoms with Gasteiger partial charge in [0, 0.05) is 7.11 Å². The summed E-state index contributed by atoms with van der Waals surface area (Å²) in [5.41, 5.74) is 1.29. The molecular weight excluding hydrogens is 168 g/mol. The van der Waals surface area contributed by atoms with Crippen LogP contribution in [0.2, 0.25) is 0 Å². The molecule has 0 amide bonds. The second-order valence-corrected chi connectivity index (χ2v) is 3.58. The first kappa shape index (κ1) is 12.6. The molecular formula is C10H20O3. The number of methoxy groups -OCH3 is 1. The van der Waals surface area contributed by atoms with Gasteiger partial charge in [0.2, 0.25) is 0 Å². The zero-order valence-corrected chi connectivity index (χ0v) is 9.22. The molecule has 0 aromatic carbocycles. The van der Waals surface area contributed by atoms with Crippen LogP contribution in [0.5, 0.6) is 0 Å². The Bertz CT molecular complexity index is 158. The van der Waals surface area contributed by atoms with Crippen LogP contribution in [0.1, 0.15) is 34.1 Å². The Morgan fingerprint density at radius 1 is 1.31 bits per heavy atom. The highest BCUT2D eigenvalue weighted by Gasteiger charge is 2.17. The Morgan fingerprint density at radius 2 is 1.92 bits per heavy atom. The molecule has 0 aliphatic heterocycles. The highest BCUT2D eigenvalue weighted by Crippen LogP contribution is 2.09. The minimum atomic E-state index is -0.662. The van der Waals surface area contributed by atoms with Crippen LogP contribution in [0, 0.1) is 0 Å². The van der Waals surface area contributed by atoms with Crippen molar-refractivity contribution in [3.63, 3.8) is 0 Å². The Labute approximate surface area is 80.6 Å². The van der Waals surface area contributed by atoms with Crippen molar-refractivity contribution in [1.29, 1.82) is 0 Å². The van der Waals surface area contributed by atoms with E-state index in [9.17, 15) is 0 Å². The number of ether oxygens (including phenoxy) is 1. The van der Waals surface area contributed by atoms with E-state index in [0.29, 0.717) is 6.61 Å². The standard InChI is InChI=1S/C10H20O3/c1-9(2)7-6-8-12-13-10(3,4)11-5/h7H,6,8H2,1-5H3. The van der Waals surface area contributed by atoms with Gasteiger partial charge in [-0.1, -0.05) is 11.6 Å². The molecule has 0 unspecified atom stereocenters. The molecule has 0 fully saturated rings. The Morgan fingerprint density at radius 3 is 2.38 bits per heavy atom. The SMILES string of the molecule is COC(C)(C)OOCCC=C(C)C. The van der Waals surface area contributed by atoms with Gasteiger partial charge in [-0.25, -0.2) is 9.78 Å². The largest absolute Gasteiger partial charge is 0.351 e. The quantitative estimate of drug-likeness (QED) is 0.211. The van der Waals surface area contributed by atoms with E-state index in [-0.39, 0.29) is 0 Å². The lowest BCUT2D eigenvalue weighted by atomic mass is 10.3. The fourth-order valence-electron chi connectivity index (χ4n) is 0.613. The van der Waals surface area contributed by atoms with Crippen LogP contribution in [0.4, 0.5) is 0 Å². The van der Waals surface area contributed by atoms with Gasteiger partial charge in [0.25, 0.3) is 0 Å². The molecule has 13 heavy (non-hydrogen) atoms. The van der Waals surface area contributed by atoms with Crippen molar-refractivity contribution >= 4 is 0 Å². The van der Waals surface area contributed by atoms with E-state index in [2.05, 4.69) is 19.9 Å². The van der Waals surface area contributed by atoms with Crippen LogP contribution >= 0.6 is 0 Å². The van der Waals surface area contributed by atoms with Crippen LogP contribution in [0.25, 0.3) is 0 Å². The van der Waals surface area contributed by atoms with E-state index >= 15 is 0 Å². The van der Waals surface area contributed by atoms with Crippen LogP contribution < -0.4 is 0 Å². The maximum Gasteiger partial charge on any atom is 0.195 e. The normalized spacial score (nSPS) is 11.5. The first-order chi connectivity index (χ1) is 5.98. The van der Waals surface area contributed by atoms with Crippen molar-refractivity contribution in [2.45, 2.75) is 39.9 Å². The second kappa shape index (κ2) is 6.13. The Hall–Kier alpha value is -0.380. The molecule has 3 nitrogen and oxygen atoms in total. The molecule has 0 rings (SSSR count). The minimum Gasteiger partial charge on any atom is -0.351 e. The highest BCUT2D eigenvalue weighted by molar-refractivity contribution is 4.92. The van der Waals surface area contributed by atoms with Crippen molar-refractivity contribution in [3.8, 4) is 0 Å². The lowest BCUT2D eigenvalue weighted by Gasteiger charge is -2.21.